The second-order valence-corrected chi connectivity index (χ2v) is 6.78. The predicted octanol–water partition coefficient (Wildman–Crippen LogP) is 2.11. The summed E-state index contributed by atoms with van der Waals surface area (Å²) in [7, 11) is -2.68. The van der Waals surface area contributed by atoms with Crippen molar-refractivity contribution in [2.24, 2.45) is 5.92 Å². The smallest absolute Gasteiger partial charge is 0.411 e. The maximum absolute atomic E-state index is 12.0. The van der Waals surface area contributed by atoms with Crippen LogP contribution in [0.3, 0.4) is 0 Å². The summed E-state index contributed by atoms with van der Waals surface area (Å²) in [4.78, 5) is 22.6. The summed E-state index contributed by atoms with van der Waals surface area (Å²) >= 11 is 0. The van der Waals surface area contributed by atoms with Crippen molar-refractivity contribution in [3.63, 3.8) is 0 Å². The highest BCUT2D eigenvalue weighted by Crippen LogP contribution is 2.14. The molecule has 0 saturated heterocycles. The Bertz CT molecular complexity index is 623. The third kappa shape index (κ3) is 5.72. The quantitative estimate of drug-likeness (QED) is 0.832. The summed E-state index contributed by atoms with van der Waals surface area (Å²) in [6.07, 6.45) is 0.111. The lowest BCUT2D eigenvalue weighted by Crippen LogP contribution is -2.30. The van der Waals surface area contributed by atoms with Crippen LogP contribution < -0.4 is 10.0 Å². The largest absolute Gasteiger partial charge is 0.453 e. The van der Waals surface area contributed by atoms with Crippen LogP contribution in [0.2, 0.25) is 0 Å². The molecule has 1 rings (SSSR count). The number of rotatable bonds is 6. The van der Waals surface area contributed by atoms with Gasteiger partial charge in [-0.2, -0.15) is 0 Å². The summed E-state index contributed by atoms with van der Waals surface area (Å²) < 4.78 is 30.5. The summed E-state index contributed by atoms with van der Waals surface area (Å²) in [5.41, 5.74) is 0.386. The van der Waals surface area contributed by atoms with E-state index in [4.69, 9.17) is 0 Å². The highest BCUT2D eigenvalue weighted by molar-refractivity contribution is 7.90. The Morgan fingerprint density at radius 2 is 1.77 bits per heavy atom. The first-order valence-corrected chi connectivity index (χ1v) is 8.23. The van der Waals surface area contributed by atoms with Gasteiger partial charge in [-0.1, -0.05) is 13.8 Å². The zero-order chi connectivity index (χ0) is 16.8. The topological polar surface area (TPSA) is 102 Å². The molecular formula is C14H20N2O5S. The second-order valence-electron chi connectivity index (χ2n) is 5.10. The Labute approximate surface area is 130 Å². The predicted molar refractivity (Wildman–Crippen MR) is 81.9 cm³/mol. The van der Waals surface area contributed by atoms with E-state index < -0.39 is 22.0 Å². The zero-order valence-corrected chi connectivity index (χ0v) is 13.6. The van der Waals surface area contributed by atoms with Gasteiger partial charge in [-0.05, 0) is 36.6 Å². The van der Waals surface area contributed by atoms with Crippen LogP contribution in [0.1, 0.15) is 26.7 Å². The summed E-state index contributed by atoms with van der Waals surface area (Å²) in [5.74, 6) is -0.220. The number of carbonyl (C=O) groups is 2. The molecule has 0 unspecified atom stereocenters. The second kappa shape index (κ2) is 7.79. The van der Waals surface area contributed by atoms with E-state index in [-0.39, 0.29) is 11.3 Å². The number of amides is 2. The molecule has 22 heavy (non-hydrogen) atoms. The molecule has 8 heteroatoms. The highest BCUT2D eigenvalue weighted by Gasteiger charge is 2.17. The standard InChI is InChI=1S/C14H20N2O5S/c1-10(2)4-9-13(17)16-22(19,20)12-7-5-11(6-8-12)15-14(18)21-3/h5-8,10H,4,9H2,1-3H3,(H,15,18)(H,16,17). The van der Waals surface area contributed by atoms with Crippen LogP contribution in [0, 0.1) is 5.92 Å². The number of methoxy groups -OCH3 is 1. The van der Waals surface area contributed by atoms with Crippen LogP contribution in [0.15, 0.2) is 29.2 Å². The van der Waals surface area contributed by atoms with Crippen molar-refractivity contribution in [1.82, 2.24) is 4.72 Å². The van der Waals surface area contributed by atoms with Crippen LogP contribution in [0.25, 0.3) is 0 Å². The third-order valence-electron chi connectivity index (χ3n) is 2.79. The molecule has 0 aliphatic rings. The van der Waals surface area contributed by atoms with Gasteiger partial charge in [0.05, 0.1) is 12.0 Å². The zero-order valence-electron chi connectivity index (χ0n) is 12.8. The van der Waals surface area contributed by atoms with Gasteiger partial charge in [0.1, 0.15) is 0 Å². The van der Waals surface area contributed by atoms with E-state index in [1.165, 1.54) is 31.4 Å². The lowest BCUT2D eigenvalue weighted by atomic mass is 10.1. The van der Waals surface area contributed by atoms with Crippen LogP contribution in [-0.2, 0) is 19.6 Å². The Kier molecular flexibility index (Phi) is 6.36. The maximum Gasteiger partial charge on any atom is 0.411 e. The van der Waals surface area contributed by atoms with Crippen molar-refractivity contribution >= 4 is 27.7 Å². The number of sulfonamides is 1. The van der Waals surface area contributed by atoms with Gasteiger partial charge in [-0.15, -0.1) is 0 Å². The Balaban J connectivity index is 2.73. The van der Waals surface area contributed by atoms with Gasteiger partial charge in [0.25, 0.3) is 10.0 Å². The number of hydrogen-bond donors (Lipinski definition) is 2. The Morgan fingerprint density at radius 3 is 2.27 bits per heavy atom. The van der Waals surface area contributed by atoms with Crippen molar-refractivity contribution in [2.75, 3.05) is 12.4 Å². The van der Waals surface area contributed by atoms with E-state index in [9.17, 15) is 18.0 Å². The summed E-state index contributed by atoms with van der Waals surface area (Å²) in [5, 5.41) is 2.40. The summed E-state index contributed by atoms with van der Waals surface area (Å²) in [6.45, 7) is 3.91. The molecule has 0 aliphatic carbocycles. The van der Waals surface area contributed by atoms with Gasteiger partial charge < -0.3 is 4.74 Å². The molecule has 0 spiro atoms. The van der Waals surface area contributed by atoms with Gasteiger partial charge in [-0.25, -0.2) is 17.9 Å². The van der Waals surface area contributed by atoms with E-state index in [0.717, 1.165) is 0 Å². The van der Waals surface area contributed by atoms with Gasteiger partial charge in [-0.3, -0.25) is 10.1 Å². The molecule has 2 amide bonds. The first kappa shape index (κ1) is 18.0. The fourth-order valence-corrected chi connectivity index (χ4v) is 2.58. The molecular weight excluding hydrogens is 308 g/mol. The van der Waals surface area contributed by atoms with Crippen molar-refractivity contribution in [3.8, 4) is 0 Å². The molecule has 0 atom stereocenters. The van der Waals surface area contributed by atoms with Gasteiger partial charge in [0.2, 0.25) is 5.91 Å². The SMILES string of the molecule is COC(=O)Nc1ccc(S(=O)(=O)NC(=O)CCC(C)C)cc1. The molecule has 0 bridgehead atoms. The van der Waals surface area contributed by atoms with Crippen LogP contribution in [0.5, 0.6) is 0 Å². The van der Waals surface area contributed by atoms with Gasteiger partial charge in [0, 0.05) is 12.1 Å². The maximum atomic E-state index is 12.0. The normalized spacial score (nSPS) is 11.1. The lowest BCUT2D eigenvalue weighted by molar-refractivity contribution is -0.119. The molecule has 0 aliphatic heterocycles. The number of nitrogens with one attached hydrogen (secondary N) is 2. The van der Waals surface area contributed by atoms with Crippen molar-refractivity contribution < 1.29 is 22.7 Å². The molecule has 1 aromatic carbocycles. The average Bonchev–Trinajstić information content (AvgIpc) is 2.45. The minimum absolute atomic E-state index is 0.0548. The first-order valence-electron chi connectivity index (χ1n) is 6.75. The van der Waals surface area contributed by atoms with Crippen molar-refractivity contribution in [2.45, 2.75) is 31.6 Å². The number of ether oxygens (including phenoxy) is 1. The average molecular weight is 328 g/mol. The number of hydrogen-bond acceptors (Lipinski definition) is 5. The molecule has 7 nitrogen and oxygen atoms in total. The van der Waals surface area contributed by atoms with E-state index >= 15 is 0 Å². The Morgan fingerprint density at radius 1 is 1.18 bits per heavy atom. The lowest BCUT2D eigenvalue weighted by Gasteiger charge is -2.09. The summed E-state index contributed by atoms with van der Waals surface area (Å²) in [6, 6.07) is 5.40. The van der Waals surface area contributed by atoms with Crippen molar-refractivity contribution in [1.29, 1.82) is 0 Å². The number of benzene rings is 1. The van der Waals surface area contributed by atoms with Crippen LogP contribution in [0.4, 0.5) is 10.5 Å². The molecule has 0 aromatic heterocycles. The molecule has 0 heterocycles. The minimum Gasteiger partial charge on any atom is -0.453 e. The van der Waals surface area contributed by atoms with Gasteiger partial charge in [0.15, 0.2) is 0 Å². The monoisotopic (exact) mass is 328 g/mol. The van der Waals surface area contributed by atoms with Crippen LogP contribution >= 0.6 is 0 Å². The molecule has 0 saturated carbocycles. The van der Waals surface area contributed by atoms with Crippen molar-refractivity contribution in [3.05, 3.63) is 24.3 Å². The van der Waals surface area contributed by atoms with E-state index in [0.29, 0.717) is 18.0 Å². The first-order chi connectivity index (χ1) is 10.2. The Hall–Kier alpha value is -2.09. The molecule has 2 N–H and O–H groups in total. The fraction of sp³-hybridized carbons (Fsp3) is 0.429. The van der Waals surface area contributed by atoms with E-state index in [1.54, 1.807) is 0 Å². The fourth-order valence-electron chi connectivity index (χ4n) is 1.57. The van der Waals surface area contributed by atoms with Gasteiger partial charge >= 0.3 is 6.09 Å². The number of carbonyl (C=O) groups excluding carboxylic acids is 2. The molecule has 0 fully saturated rings. The molecule has 122 valence electrons. The molecule has 0 radical (unpaired) electrons. The third-order valence-corrected chi connectivity index (χ3v) is 4.18. The van der Waals surface area contributed by atoms with E-state index in [2.05, 4.69) is 10.1 Å². The molecule has 1 aromatic rings. The van der Waals surface area contributed by atoms with Crippen LogP contribution in [-0.4, -0.2) is 27.5 Å². The van der Waals surface area contributed by atoms with E-state index in [1.807, 2.05) is 18.6 Å². The highest BCUT2D eigenvalue weighted by atomic mass is 32.2. The minimum atomic E-state index is -3.90. The number of anilines is 1.